The number of hydrogen-bond acceptors (Lipinski definition) is 4. The van der Waals surface area contributed by atoms with Gasteiger partial charge >= 0.3 is 0 Å². The Morgan fingerprint density at radius 1 is 1.45 bits per heavy atom. The highest BCUT2D eigenvalue weighted by molar-refractivity contribution is 9.10. The molecule has 4 nitrogen and oxygen atoms in total. The van der Waals surface area contributed by atoms with Crippen LogP contribution in [-0.2, 0) is 4.74 Å². The summed E-state index contributed by atoms with van der Waals surface area (Å²) in [5.41, 5.74) is 8.47. The molecular formula is C15H23BrN2O2. The van der Waals surface area contributed by atoms with Crippen LogP contribution in [0.4, 0.5) is 5.69 Å². The second kappa shape index (κ2) is 7.41. The fourth-order valence-corrected chi connectivity index (χ4v) is 3.01. The number of hydrogen-bond donors (Lipinski definition) is 2. The summed E-state index contributed by atoms with van der Waals surface area (Å²) in [6.07, 6.45) is 2.25. The molecule has 1 unspecified atom stereocenters. The smallest absolute Gasteiger partial charge is 0.0701 e. The molecule has 1 aliphatic heterocycles. The van der Waals surface area contributed by atoms with E-state index in [-0.39, 0.29) is 18.8 Å². The minimum absolute atomic E-state index is 0.0291. The largest absolute Gasteiger partial charge is 0.394 e. The molecule has 1 aromatic carbocycles. The molecule has 0 radical (unpaired) electrons. The Kier molecular flexibility index (Phi) is 5.84. The van der Waals surface area contributed by atoms with E-state index in [1.807, 2.05) is 13.0 Å². The van der Waals surface area contributed by atoms with Gasteiger partial charge in [-0.3, -0.25) is 0 Å². The molecule has 1 heterocycles. The predicted octanol–water partition coefficient (Wildman–Crippen LogP) is 2.45. The lowest BCUT2D eigenvalue weighted by Crippen LogP contribution is -2.38. The summed E-state index contributed by atoms with van der Waals surface area (Å²) in [4.78, 5) is 2.38. The first-order chi connectivity index (χ1) is 9.61. The molecule has 0 bridgehead atoms. The van der Waals surface area contributed by atoms with E-state index in [0.717, 1.165) is 30.4 Å². The van der Waals surface area contributed by atoms with Gasteiger partial charge in [-0.05, 0) is 37.5 Å². The van der Waals surface area contributed by atoms with Crippen LogP contribution in [-0.4, -0.2) is 37.5 Å². The van der Waals surface area contributed by atoms with Gasteiger partial charge in [-0.15, -0.1) is 0 Å². The van der Waals surface area contributed by atoms with Crippen molar-refractivity contribution >= 4 is 21.6 Å². The summed E-state index contributed by atoms with van der Waals surface area (Å²) in [6.45, 7) is 4.48. The molecule has 1 aromatic rings. The zero-order chi connectivity index (χ0) is 14.5. The Morgan fingerprint density at radius 3 is 2.75 bits per heavy atom. The summed E-state index contributed by atoms with van der Waals surface area (Å²) < 4.78 is 6.69. The SMILES string of the molecule is CC(N)c1ccc(Br)cc1N1CCC(OCCO)CC1. The monoisotopic (exact) mass is 342 g/mol. The Balaban J connectivity index is 2.04. The molecule has 2 rings (SSSR count). The zero-order valence-electron chi connectivity index (χ0n) is 11.9. The van der Waals surface area contributed by atoms with Crippen molar-refractivity contribution in [3.8, 4) is 0 Å². The molecule has 20 heavy (non-hydrogen) atoms. The van der Waals surface area contributed by atoms with Gasteiger partial charge in [-0.1, -0.05) is 22.0 Å². The number of halogens is 1. The minimum atomic E-state index is 0.0291. The molecule has 1 aliphatic rings. The molecule has 0 saturated carbocycles. The van der Waals surface area contributed by atoms with Gasteiger partial charge in [0.25, 0.3) is 0 Å². The lowest BCUT2D eigenvalue weighted by molar-refractivity contribution is 0.0159. The van der Waals surface area contributed by atoms with Crippen LogP contribution in [0.3, 0.4) is 0 Å². The van der Waals surface area contributed by atoms with Gasteiger partial charge in [-0.25, -0.2) is 0 Å². The number of rotatable bonds is 5. The number of ether oxygens (including phenoxy) is 1. The Bertz CT molecular complexity index is 432. The van der Waals surface area contributed by atoms with Crippen LogP contribution in [0.5, 0.6) is 0 Å². The van der Waals surface area contributed by atoms with E-state index in [0.29, 0.717) is 6.61 Å². The number of anilines is 1. The van der Waals surface area contributed by atoms with E-state index in [4.69, 9.17) is 15.6 Å². The highest BCUT2D eigenvalue weighted by atomic mass is 79.9. The third-order valence-electron chi connectivity index (χ3n) is 3.71. The van der Waals surface area contributed by atoms with Crippen molar-refractivity contribution in [2.75, 3.05) is 31.2 Å². The summed E-state index contributed by atoms with van der Waals surface area (Å²) >= 11 is 3.54. The van der Waals surface area contributed by atoms with E-state index in [2.05, 4.69) is 33.0 Å². The van der Waals surface area contributed by atoms with E-state index in [9.17, 15) is 0 Å². The molecule has 3 N–H and O–H groups in total. The van der Waals surface area contributed by atoms with Crippen molar-refractivity contribution in [1.29, 1.82) is 0 Å². The van der Waals surface area contributed by atoms with E-state index in [1.54, 1.807) is 0 Å². The molecule has 0 spiro atoms. The van der Waals surface area contributed by atoms with Crippen molar-refractivity contribution in [1.82, 2.24) is 0 Å². The maximum Gasteiger partial charge on any atom is 0.0701 e. The van der Waals surface area contributed by atoms with Gasteiger partial charge in [0.1, 0.15) is 0 Å². The highest BCUT2D eigenvalue weighted by Gasteiger charge is 2.22. The maximum absolute atomic E-state index is 8.80. The molecule has 0 aliphatic carbocycles. The number of nitrogens with two attached hydrogens (primary N) is 1. The van der Waals surface area contributed by atoms with Crippen molar-refractivity contribution in [3.63, 3.8) is 0 Å². The summed E-state index contributed by atoms with van der Waals surface area (Å²) in [5.74, 6) is 0. The van der Waals surface area contributed by atoms with Gasteiger partial charge in [0.05, 0.1) is 19.3 Å². The van der Waals surface area contributed by atoms with Gasteiger partial charge in [0, 0.05) is 29.3 Å². The molecule has 0 aromatic heterocycles. The third kappa shape index (κ3) is 3.95. The van der Waals surface area contributed by atoms with Crippen LogP contribution in [0.1, 0.15) is 31.4 Å². The molecule has 1 atom stereocenters. The Labute approximate surface area is 129 Å². The molecule has 5 heteroatoms. The van der Waals surface area contributed by atoms with E-state index >= 15 is 0 Å². The van der Waals surface area contributed by atoms with Gasteiger partial charge < -0.3 is 20.5 Å². The molecular weight excluding hydrogens is 320 g/mol. The van der Waals surface area contributed by atoms with Crippen LogP contribution in [0, 0.1) is 0 Å². The zero-order valence-corrected chi connectivity index (χ0v) is 13.5. The van der Waals surface area contributed by atoms with Crippen LogP contribution in [0.2, 0.25) is 0 Å². The lowest BCUT2D eigenvalue weighted by atomic mass is 10.0. The van der Waals surface area contributed by atoms with Gasteiger partial charge in [0.2, 0.25) is 0 Å². The second-order valence-electron chi connectivity index (χ2n) is 5.27. The number of aliphatic hydroxyl groups is 1. The second-order valence-corrected chi connectivity index (χ2v) is 6.19. The first-order valence-electron chi connectivity index (χ1n) is 7.14. The number of aliphatic hydroxyl groups excluding tert-OH is 1. The average molecular weight is 343 g/mol. The maximum atomic E-state index is 8.80. The fraction of sp³-hybridized carbons (Fsp3) is 0.600. The predicted molar refractivity (Wildman–Crippen MR) is 85.0 cm³/mol. The van der Waals surface area contributed by atoms with Gasteiger partial charge in [0.15, 0.2) is 0 Å². The molecule has 112 valence electrons. The van der Waals surface area contributed by atoms with Crippen molar-refractivity contribution in [2.45, 2.75) is 31.9 Å². The summed E-state index contributed by atoms with van der Waals surface area (Å²) in [6, 6.07) is 6.31. The van der Waals surface area contributed by atoms with Crippen LogP contribution in [0.15, 0.2) is 22.7 Å². The van der Waals surface area contributed by atoms with E-state index < -0.39 is 0 Å². The first-order valence-corrected chi connectivity index (χ1v) is 7.93. The summed E-state index contributed by atoms with van der Waals surface area (Å²) in [7, 11) is 0. The molecule has 1 saturated heterocycles. The fourth-order valence-electron chi connectivity index (χ4n) is 2.66. The Hall–Kier alpha value is -0.620. The van der Waals surface area contributed by atoms with Crippen LogP contribution >= 0.6 is 15.9 Å². The van der Waals surface area contributed by atoms with Crippen molar-refractivity contribution in [2.24, 2.45) is 5.73 Å². The van der Waals surface area contributed by atoms with Crippen LogP contribution < -0.4 is 10.6 Å². The average Bonchev–Trinajstić information content (AvgIpc) is 2.45. The quantitative estimate of drug-likeness (QED) is 0.862. The topological polar surface area (TPSA) is 58.7 Å². The van der Waals surface area contributed by atoms with Gasteiger partial charge in [-0.2, -0.15) is 0 Å². The van der Waals surface area contributed by atoms with Crippen LogP contribution in [0.25, 0.3) is 0 Å². The number of benzene rings is 1. The van der Waals surface area contributed by atoms with E-state index in [1.165, 1.54) is 11.3 Å². The summed E-state index contributed by atoms with van der Waals surface area (Å²) in [5, 5.41) is 8.80. The minimum Gasteiger partial charge on any atom is -0.394 e. The van der Waals surface area contributed by atoms with Crippen molar-refractivity contribution < 1.29 is 9.84 Å². The third-order valence-corrected chi connectivity index (χ3v) is 4.20. The normalized spacial score (nSPS) is 18.3. The highest BCUT2D eigenvalue weighted by Crippen LogP contribution is 2.31. The number of piperidine rings is 1. The lowest BCUT2D eigenvalue weighted by Gasteiger charge is -2.35. The molecule has 0 amide bonds. The number of nitrogens with zero attached hydrogens (tertiary/aromatic N) is 1. The standard InChI is InChI=1S/C15H23BrN2O2/c1-11(17)14-3-2-12(16)10-15(14)18-6-4-13(5-7-18)20-9-8-19/h2-3,10-11,13,19H,4-9,17H2,1H3. The van der Waals surface area contributed by atoms with Crippen molar-refractivity contribution in [3.05, 3.63) is 28.2 Å². The first kappa shape index (κ1) is 15.8. The Morgan fingerprint density at radius 2 is 2.15 bits per heavy atom. The molecule has 1 fully saturated rings.